The molecule has 0 aliphatic rings. The lowest BCUT2D eigenvalue weighted by Gasteiger charge is -2.17. The quantitative estimate of drug-likeness (QED) is 0.434. The number of carbonyl (C=O) groups is 1. The maximum atomic E-state index is 11.5. The molecule has 0 saturated heterocycles. The highest BCUT2D eigenvalue weighted by molar-refractivity contribution is 5.76. The van der Waals surface area contributed by atoms with Gasteiger partial charge in [-0.15, -0.1) is 0 Å². The van der Waals surface area contributed by atoms with Crippen LogP contribution >= 0.6 is 0 Å². The van der Waals surface area contributed by atoms with Crippen molar-refractivity contribution in [1.82, 2.24) is 10.6 Å². The first kappa shape index (κ1) is 17.4. The van der Waals surface area contributed by atoms with Crippen molar-refractivity contribution < 1.29 is 14.3 Å². The normalized spacial score (nSPS) is 12.7. The van der Waals surface area contributed by atoms with Gasteiger partial charge in [0.05, 0.1) is 0 Å². The minimum absolute atomic E-state index is 0.0845. The number of carbonyl (C=O) groups excluding carboxylic acids is 1. The van der Waals surface area contributed by atoms with Gasteiger partial charge in [0.15, 0.2) is 6.29 Å². The summed E-state index contributed by atoms with van der Waals surface area (Å²) in [5, 5.41) is 6.09. The Morgan fingerprint density at radius 2 is 1.78 bits per heavy atom. The Morgan fingerprint density at radius 1 is 1.17 bits per heavy atom. The molecule has 1 unspecified atom stereocenters. The second-order valence-electron chi connectivity index (χ2n) is 4.17. The van der Waals surface area contributed by atoms with Crippen molar-refractivity contribution in [3.8, 4) is 0 Å². The predicted octanol–water partition coefficient (Wildman–Crippen LogP) is 1.28. The molecule has 0 aromatic heterocycles. The van der Waals surface area contributed by atoms with Crippen molar-refractivity contribution >= 4 is 5.91 Å². The number of hydrogen-bond donors (Lipinski definition) is 2. The summed E-state index contributed by atoms with van der Waals surface area (Å²) in [5.74, 6) is 0.0845. The molecule has 0 aromatic rings. The van der Waals surface area contributed by atoms with Crippen molar-refractivity contribution in [3.63, 3.8) is 0 Å². The topological polar surface area (TPSA) is 59.6 Å². The smallest absolute Gasteiger partial charge is 0.221 e. The van der Waals surface area contributed by atoms with Crippen molar-refractivity contribution in [3.05, 3.63) is 0 Å². The molecule has 5 nitrogen and oxygen atoms in total. The standard InChI is InChI=1S/C13H28N2O3/c1-5-11(4)15-12(16)8-9-14-10-13(17-6-2)18-7-3/h11,13-14H,5-10H2,1-4H3,(H,15,16). The van der Waals surface area contributed by atoms with Gasteiger partial charge in [0.25, 0.3) is 0 Å². The average Bonchev–Trinajstić information content (AvgIpc) is 2.34. The predicted molar refractivity (Wildman–Crippen MR) is 72.4 cm³/mol. The maximum Gasteiger partial charge on any atom is 0.221 e. The second kappa shape index (κ2) is 11.4. The summed E-state index contributed by atoms with van der Waals surface area (Å²) in [5.41, 5.74) is 0. The SMILES string of the molecule is CCOC(CNCCC(=O)NC(C)CC)OCC. The molecular weight excluding hydrogens is 232 g/mol. The van der Waals surface area contributed by atoms with Crippen molar-refractivity contribution in [2.75, 3.05) is 26.3 Å². The number of nitrogens with one attached hydrogen (secondary N) is 2. The molecule has 0 fully saturated rings. The molecule has 0 aromatic carbocycles. The Labute approximate surface area is 111 Å². The number of rotatable bonds is 11. The van der Waals surface area contributed by atoms with E-state index in [4.69, 9.17) is 9.47 Å². The Hall–Kier alpha value is -0.650. The van der Waals surface area contributed by atoms with E-state index in [1.165, 1.54) is 0 Å². The largest absolute Gasteiger partial charge is 0.354 e. The molecule has 18 heavy (non-hydrogen) atoms. The van der Waals surface area contributed by atoms with Gasteiger partial charge in [-0.1, -0.05) is 6.92 Å². The molecule has 0 aliphatic carbocycles. The zero-order valence-corrected chi connectivity index (χ0v) is 12.1. The van der Waals surface area contributed by atoms with E-state index in [0.717, 1.165) is 6.42 Å². The third-order valence-electron chi connectivity index (χ3n) is 2.56. The summed E-state index contributed by atoms with van der Waals surface area (Å²) >= 11 is 0. The molecule has 1 atom stereocenters. The van der Waals surface area contributed by atoms with Gasteiger partial charge in [0.1, 0.15) is 0 Å². The first-order valence-corrected chi connectivity index (χ1v) is 6.87. The van der Waals surface area contributed by atoms with Crippen LogP contribution < -0.4 is 10.6 Å². The molecule has 0 spiro atoms. The highest BCUT2D eigenvalue weighted by Gasteiger charge is 2.08. The monoisotopic (exact) mass is 260 g/mol. The molecule has 0 bridgehead atoms. The van der Waals surface area contributed by atoms with Gasteiger partial charge >= 0.3 is 0 Å². The van der Waals surface area contributed by atoms with Crippen LogP contribution in [0.3, 0.4) is 0 Å². The van der Waals surface area contributed by atoms with Crippen molar-refractivity contribution in [2.45, 2.75) is 52.9 Å². The number of amides is 1. The van der Waals surface area contributed by atoms with Crippen LogP contribution in [0.4, 0.5) is 0 Å². The lowest BCUT2D eigenvalue weighted by molar-refractivity contribution is -0.133. The third-order valence-corrected chi connectivity index (χ3v) is 2.56. The van der Waals surface area contributed by atoms with Crippen LogP contribution in [0.25, 0.3) is 0 Å². The first-order valence-electron chi connectivity index (χ1n) is 6.87. The highest BCUT2D eigenvalue weighted by atomic mass is 16.7. The van der Waals surface area contributed by atoms with E-state index in [2.05, 4.69) is 17.6 Å². The van der Waals surface area contributed by atoms with Gasteiger partial charge in [0.2, 0.25) is 5.91 Å². The molecule has 0 rings (SSSR count). The first-order chi connectivity index (χ1) is 8.63. The van der Waals surface area contributed by atoms with Crippen molar-refractivity contribution in [1.29, 1.82) is 0 Å². The summed E-state index contributed by atoms with van der Waals surface area (Å²) in [6.45, 7) is 10.4. The molecule has 0 radical (unpaired) electrons. The van der Waals surface area contributed by atoms with Crippen LogP contribution in [-0.2, 0) is 14.3 Å². The zero-order valence-electron chi connectivity index (χ0n) is 12.1. The van der Waals surface area contributed by atoms with E-state index in [1.54, 1.807) is 0 Å². The van der Waals surface area contributed by atoms with Crippen LogP contribution in [0.15, 0.2) is 0 Å². The van der Waals surface area contributed by atoms with Crippen molar-refractivity contribution in [2.24, 2.45) is 0 Å². The van der Waals surface area contributed by atoms with Gasteiger partial charge < -0.3 is 20.1 Å². The Morgan fingerprint density at radius 3 is 2.28 bits per heavy atom. The lowest BCUT2D eigenvalue weighted by Crippen LogP contribution is -2.36. The van der Waals surface area contributed by atoms with Crippen LogP contribution in [0.5, 0.6) is 0 Å². The summed E-state index contributed by atoms with van der Waals surface area (Å²) in [6.07, 6.45) is 1.21. The molecule has 0 saturated carbocycles. The van der Waals surface area contributed by atoms with E-state index in [1.807, 2.05) is 20.8 Å². The van der Waals surface area contributed by atoms with Crippen LogP contribution in [0.1, 0.15) is 40.5 Å². The van der Waals surface area contributed by atoms with Gasteiger partial charge in [-0.3, -0.25) is 4.79 Å². The molecule has 0 heterocycles. The Bertz CT molecular complexity index is 206. The maximum absolute atomic E-state index is 11.5. The number of ether oxygens (including phenoxy) is 2. The minimum atomic E-state index is -0.224. The highest BCUT2D eigenvalue weighted by Crippen LogP contribution is 1.93. The molecule has 1 amide bonds. The Balaban J connectivity index is 3.60. The van der Waals surface area contributed by atoms with Crippen LogP contribution in [-0.4, -0.2) is 44.5 Å². The Kier molecular flexibility index (Phi) is 11.0. The van der Waals surface area contributed by atoms with E-state index >= 15 is 0 Å². The molecule has 0 aliphatic heterocycles. The van der Waals surface area contributed by atoms with E-state index in [9.17, 15) is 4.79 Å². The summed E-state index contributed by atoms with van der Waals surface area (Å²) < 4.78 is 10.8. The van der Waals surface area contributed by atoms with Gasteiger partial charge in [-0.25, -0.2) is 0 Å². The molecule has 2 N–H and O–H groups in total. The fraction of sp³-hybridized carbons (Fsp3) is 0.923. The zero-order chi connectivity index (χ0) is 13.8. The third kappa shape index (κ3) is 9.39. The van der Waals surface area contributed by atoms with E-state index in [0.29, 0.717) is 32.7 Å². The van der Waals surface area contributed by atoms with E-state index in [-0.39, 0.29) is 18.2 Å². The van der Waals surface area contributed by atoms with Gasteiger partial charge in [-0.2, -0.15) is 0 Å². The lowest BCUT2D eigenvalue weighted by atomic mass is 10.2. The van der Waals surface area contributed by atoms with Gasteiger partial charge in [0, 0.05) is 38.8 Å². The van der Waals surface area contributed by atoms with Crippen LogP contribution in [0.2, 0.25) is 0 Å². The summed E-state index contributed by atoms with van der Waals surface area (Å²) in [7, 11) is 0. The fourth-order valence-electron chi connectivity index (χ4n) is 1.41. The summed E-state index contributed by atoms with van der Waals surface area (Å²) in [6, 6.07) is 0.247. The fourth-order valence-corrected chi connectivity index (χ4v) is 1.41. The number of hydrogen-bond acceptors (Lipinski definition) is 4. The minimum Gasteiger partial charge on any atom is -0.354 e. The second-order valence-corrected chi connectivity index (χ2v) is 4.17. The summed E-state index contributed by atoms with van der Waals surface area (Å²) in [4.78, 5) is 11.5. The van der Waals surface area contributed by atoms with E-state index < -0.39 is 0 Å². The van der Waals surface area contributed by atoms with Crippen LogP contribution in [0, 0.1) is 0 Å². The molecule has 108 valence electrons. The average molecular weight is 260 g/mol. The molecule has 5 heteroatoms. The molecular formula is C13H28N2O3. The van der Waals surface area contributed by atoms with Gasteiger partial charge in [-0.05, 0) is 27.2 Å².